The molecule has 1 aromatic carbocycles. The van der Waals surface area contributed by atoms with Crippen LogP contribution in [0.3, 0.4) is 0 Å². The first-order valence-electron chi connectivity index (χ1n) is 10.8. The third-order valence-electron chi connectivity index (χ3n) is 6.39. The first-order chi connectivity index (χ1) is 14.0. The van der Waals surface area contributed by atoms with Crippen molar-refractivity contribution in [1.82, 2.24) is 0 Å². The topological polar surface area (TPSA) is 66.8 Å². The highest BCUT2D eigenvalue weighted by Crippen LogP contribution is 2.48. The lowest BCUT2D eigenvalue weighted by Crippen LogP contribution is -2.18. The molecule has 2 aliphatic rings. The van der Waals surface area contributed by atoms with Gasteiger partial charge < -0.3 is 14.9 Å². The van der Waals surface area contributed by atoms with Crippen molar-refractivity contribution in [1.29, 1.82) is 0 Å². The Balaban J connectivity index is 1.49. The van der Waals surface area contributed by atoms with E-state index in [2.05, 4.69) is 29.9 Å². The number of benzene rings is 1. The molecule has 1 saturated carbocycles. The van der Waals surface area contributed by atoms with Gasteiger partial charge in [-0.3, -0.25) is 4.79 Å². The van der Waals surface area contributed by atoms with Crippen molar-refractivity contribution in [3.05, 3.63) is 59.2 Å². The first-order valence-corrected chi connectivity index (χ1v) is 10.8. The number of hydrogen-bond donors (Lipinski definition) is 2. The molecule has 2 N–H and O–H groups in total. The minimum atomic E-state index is -0.532. The fraction of sp³-hybridized carbons (Fsp3) is 0.560. The van der Waals surface area contributed by atoms with E-state index in [-0.39, 0.29) is 18.0 Å². The van der Waals surface area contributed by atoms with Crippen LogP contribution >= 0.6 is 0 Å². The molecule has 4 nitrogen and oxygen atoms in total. The van der Waals surface area contributed by atoms with E-state index in [1.165, 1.54) is 18.2 Å². The summed E-state index contributed by atoms with van der Waals surface area (Å²) in [5, 5.41) is 20.9. The fourth-order valence-corrected chi connectivity index (χ4v) is 4.92. The molecule has 4 heteroatoms. The maximum atomic E-state index is 11.2. The van der Waals surface area contributed by atoms with E-state index in [4.69, 9.17) is 0 Å². The van der Waals surface area contributed by atoms with Crippen LogP contribution in [0, 0.1) is 24.7 Å². The first kappa shape index (κ1) is 21.8. The van der Waals surface area contributed by atoms with Gasteiger partial charge in [-0.2, -0.15) is 0 Å². The van der Waals surface area contributed by atoms with Crippen LogP contribution in [0.2, 0.25) is 0 Å². The molecule has 0 unspecified atom stereocenters. The summed E-state index contributed by atoms with van der Waals surface area (Å²) in [7, 11) is 1.43. The lowest BCUT2D eigenvalue weighted by Gasteiger charge is -2.19. The number of esters is 1. The van der Waals surface area contributed by atoms with E-state index in [1.807, 2.05) is 24.3 Å². The summed E-state index contributed by atoms with van der Waals surface area (Å²) in [5.74, 6) is 0.836. The summed E-state index contributed by atoms with van der Waals surface area (Å²) >= 11 is 0. The van der Waals surface area contributed by atoms with Crippen LogP contribution in [0.25, 0.3) is 0 Å². The van der Waals surface area contributed by atoms with E-state index < -0.39 is 6.10 Å². The molecule has 3 rings (SSSR count). The summed E-state index contributed by atoms with van der Waals surface area (Å²) in [4.78, 5) is 11.2. The van der Waals surface area contributed by atoms with Gasteiger partial charge in [-0.25, -0.2) is 0 Å². The third-order valence-corrected chi connectivity index (χ3v) is 6.39. The van der Waals surface area contributed by atoms with E-state index in [1.54, 1.807) is 0 Å². The van der Waals surface area contributed by atoms with Crippen molar-refractivity contribution in [2.45, 2.75) is 64.1 Å². The molecule has 0 aromatic heterocycles. The number of hydrogen-bond acceptors (Lipinski definition) is 4. The van der Waals surface area contributed by atoms with Crippen LogP contribution in [-0.2, 0) is 16.0 Å². The van der Waals surface area contributed by atoms with Gasteiger partial charge in [0.15, 0.2) is 0 Å². The third kappa shape index (κ3) is 6.03. The van der Waals surface area contributed by atoms with E-state index in [0.717, 1.165) is 37.7 Å². The highest BCUT2D eigenvalue weighted by molar-refractivity contribution is 5.68. The van der Waals surface area contributed by atoms with Crippen LogP contribution in [-0.4, -0.2) is 35.5 Å². The Hall–Kier alpha value is -1.91. The highest BCUT2D eigenvalue weighted by atomic mass is 16.5. The molecule has 1 fully saturated rings. The van der Waals surface area contributed by atoms with Crippen LogP contribution in [0.15, 0.2) is 48.1 Å². The lowest BCUT2D eigenvalue weighted by molar-refractivity contribution is -0.140. The summed E-state index contributed by atoms with van der Waals surface area (Å²) in [5.41, 5.74) is 3.78. The minimum absolute atomic E-state index is 0.107. The number of carbonyl (C=O) groups excluding carboxylic acids is 1. The molecule has 0 aliphatic heterocycles. The molecule has 0 heterocycles. The van der Waals surface area contributed by atoms with Crippen LogP contribution in [0.1, 0.15) is 49.7 Å². The summed E-state index contributed by atoms with van der Waals surface area (Å²) in [6.45, 7) is 2.06. The number of methoxy groups -OCH3 is 1. The average molecular weight is 398 g/mol. The summed E-state index contributed by atoms with van der Waals surface area (Å²) < 4.78 is 4.69. The second-order valence-electron chi connectivity index (χ2n) is 8.67. The predicted octanol–water partition coefficient (Wildman–Crippen LogP) is 4.13. The number of aliphatic hydroxyl groups is 2. The fourth-order valence-electron chi connectivity index (χ4n) is 4.92. The zero-order valence-electron chi connectivity index (χ0n) is 17.6. The molecular weight excluding hydrogens is 363 g/mol. The zero-order valence-corrected chi connectivity index (χ0v) is 17.6. The quantitative estimate of drug-likeness (QED) is 0.373. The molecule has 29 heavy (non-hydrogen) atoms. The normalized spacial score (nSPS) is 27.1. The lowest BCUT2D eigenvalue weighted by atomic mass is 9.88. The Morgan fingerprint density at radius 3 is 2.93 bits per heavy atom. The molecule has 0 saturated heterocycles. The molecule has 5 atom stereocenters. The number of carbonyl (C=O) groups is 1. The van der Waals surface area contributed by atoms with E-state index >= 15 is 0 Å². The second-order valence-corrected chi connectivity index (χ2v) is 8.67. The summed E-state index contributed by atoms with van der Waals surface area (Å²) in [6.07, 6.45) is 11.2. The van der Waals surface area contributed by atoms with Crippen LogP contribution in [0.5, 0.6) is 0 Å². The monoisotopic (exact) mass is 397 g/mol. The van der Waals surface area contributed by atoms with Gasteiger partial charge in [0.2, 0.25) is 0 Å². The smallest absolute Gasteiger partial charge is 0.305 e. The molecule has 1 aromatic rings. The van der Waals surface area contributed by atoms with Crippen molar-refractivity contribution >= 4 is 5.97 Å². The Kier molecular flexibility index (Phi) is 7.68. The number of aliphatic hydroxyl groups excluding tert-OH is 2. The SMILES string of the molecule is COC(=O)CCCCC1=C[C@H]2C[C@@H](O)[C@H](/C=C/[C@H](O)Cc3cccc([11CH3])c3)[C@H]2C1. The molecule has 0 amide bonds. The number of allylic oxidation sites excluding steroid dienone is 2. The average Bonchev–Trinajstić information content (AvgIpc) is 3.19. The van der Waals surface area contributed by atoms with Gasteiger partial charge in [-0.05, 0) is 56.4 Å². The van der Waals surface area contributed by atoms with Gasteiger partial charge in [0.1, 0.15) is 0 Å². The molecule has 0 radical (unpaired) electrons. The van der Waals surface area contributed by atoms with Crippen LogP contribution in [0.4, 0.5) is 0 Å². The number of fused-ring (bicyclic) bond motifs is 1. The maximum Gasteiger partial charge on any atom is 0.305 e. The zero-order chi connectivity index (χ0) is 20.8. The van der Waals surface area contributed by atoms with Gasteiger partial charge >= 0.3 is 5.97 Å². The molecule has 158 valence electrons. The van der Waals surface area contributed by atoms with E-state index in [0.29, 0.717) is 24.7 Å². The van der Waals surface area contributed by atoms with Crippen LogP contribution < -0.4 is 0 Å². The van der Waals surface area contributed by atoms with Gasteiger partial charge in [0.05, 0.1) is 19.3 Å². The minimum Gasteiger partial charge on any atom is -0.469 e. The van der Waals surface area contributed by atoms with E-state index in [9.17, 15) is 15.0 Å². The van der Waals surface area contributed by atoms with Gasteiger partial charge in [-0.1, -0.05) is 53.6 Å². The maximum absolute atomic E-state index is 11.2. The molecule has 2 aliphatic carbocycles. The highest BCUT2D eigenvalue weighted by Gasteiger charge is 2.43. The Morgan fingerprint density at radius 2 is 2.17 bits per heavy atom. The van der Waals surface area contributed by atoms with Gasteiger partial charge in [0, 0.05) is 18.8 Å². The van der Waals surface area contributed by atoms with Crippen molar-refractivity contribution in [3.63, 3.8) is 0 Å². The molecular formula is C25H34O4. The van der Waals surface area contributed by atoms with Crippen molar-refractivity contribution in [2.24, 2.45) is 17.8 Å². The Labute approximate surface area is 174 Å². The predicted molar refractivity (Wildman–Crippen MR) is 114 cm³/mol. The molecule has 0 bridgehead atoms. The van der Waals surface area contributed by atoms with Crippen molar-refractivity contribution in [3.8, 4) is 0 Å². The standard InChI is InChI=1S/C25H34O4/c1-17-6-5-8-18(12-17)14-21(26)10-11-22-23-15-19(13-20(23)16-24(22)27)7-3-4-9-25(28)29-2/h5-6,8,10-13,20-24,26-27H,3-4,7,9,14-16H2,1-2H3/b11-10+/t20-,21-,22+,23-,24+/m0/s1/i1-1. The largest absolute Gasteiger partial charge is 0.469 e. The Morgan fingerprint density at radius 1 is 1.34 bits per heavy atom. The van der Waals surface area contributed by atoms with Crippen molar-refractivity contribution < 1.29 is 19.7 Å². The number of aryl methyl sites for hydroxylation is 1. The summed E-state index contributed by atoms with van der Waals surface area (Å²) in [6, 6.07) is 8.22. The molecule has 0 spiro atoms. The van der Waals surface area contributed by atoms with Gasteiger partial charge in [-0.15, -0.1) is 0 Å². The Bertz CT molecular complexity index is 751. The number of rotatable bonds is 9. The van der Waals surface area contributed by atoms with Gasteiger partial charge in [0.25, 0.3) is 0 Å². The van der Waals surface area contributed by atoms with Crippen molar-refractivity contribution in [2.75, 3.05) is 7.11 Å². The number of ether oxygens (including phenoxy) is 1. The second kappa shape index (κ2) is 10.2. The number of unbranched alkanes of at least 4 members (excludes halogenated alkanes) is 1.